The van der Waals surface area contributed by atoms with E-state index in [4.69, 9.17) is 4.98 Å². The number of hydrogen-bond acceptors (Lipinski definition) is 4. The van der Waals surface area contributed by atoms with Gasteiger partial charge in [-0.1, -0.05) is 66.2 Å². The number of nitrogens with zero attached hydrogens (tertiary/aromatic N) is 1. The summed E-state index contributed by atoms with van der Waals surface area (Å²) in [5.41, 5.74) is 9.48. The number of aryl methyl sites for hydroxylation is 2. The lowest BCUT2D eigenvalue weighted by Crippen LogP contribution is -2.41. The van der Waals surface area contributed by atoms with Crippen LogP contribution in [0.1, 0.15) is 27.9 Å². The number of amides is 2. The van der Waals surface area contributed by atoms with Gasteiger partial charge in [0.15, 0.2) is 0 Å². The lowest BCUT2D eigenvalue weighted by molar-refractivity contribution is -0.121. The molecule has 0 spiro atoms. The molecule has 0 saturated heterocycles. The number of phenols is 1. The van der Waals surface area contributed by atoms with Crippen molar-refractivity contribution >= 4 is 22.7 Å². The number of phenolic OH excluding ortho intramolecular Hbond substituents is 1. The van der Waals surface area contributed by atoms with E-state index in [-0.39, 0.29) is 18.1 Å². The summed E-state index contributed by atoms with van der Waals surface area (Å²) in [5.74, 6) is -0.622. The number of hydrazine groups is 1. The quantitative estimate of drug-likeness (QED) is 0.416. The maximum Gasteiger partial charge on any atom is 0.270 e. The first kappa shape index (κ1) is 21.1. The van der Waals surface area contributed by atoms with E-state index >= 15 is 0 Å². The molecule has 0 radical (unpaired) electrons. The van der Waals surface area contributed by atoms with E-state index in [0.29, 0.717) is 34.1 Å². The molecule has 0 aliphatic rings. The lowest BCUT2D eigenvalue weighted by Gasteiger charge is -2.12. The van der Waals surface area contributed by atoms with Crippen molar-refractivity contribution in [2.45, 2.75) is 19.8 Å². The standard InChI is InChI=1S/C26H23N3O3/c1-17-10-12-18(13-11-17)23-16-21(20-7-3-4-8-22(20)27-23)26(32)29-28-25(31)15-14-19-6-2-5-9-24(19)30/h2-13,16,30H,14-15H2,1H3,(H,28,31)(H,29,32). The van der Waals surface area contributed by atoms with E-state index in [9.17, 15) is 14.7 Å². The van der Waals surface area contributed by atoms with Gasteiger partial charge in [0.25, 0.3) is 5.91 Å². The summed E-state index contributed by atoms with van der Waals surface area (Å²) < 4.78 is 0. The number of carbonyl (C=O) groups is 2. The zero-order valence-corrected chi connectivity index (χ0v) is 17.6. The Bertz CT molecular complexity index is 1280. The third-order valence-corrected chi connectivity index (χ3v) is 5.24. The summed E-state index contributed by atoms with van der Waals surface area (Å²) in [7, 11) is 0. The van der Waals surface area contributed by atoms with Gasteiger partial charge in [-0.05, 0) is 37.1 Å². The number of carbonyl (C=O) groups excluding carboxylic acids is 2. The maximum absolute atomic E-state index is 12.9. The molecule has 6 nitrogen and oxygen atoms in total. The fourth-order valence-corrected chi connectivity index (χ4v) is 3.46. The molecular formula is C26H23N3O3. The molecule has 4 rings (SSSR count). The minimum atomic E-state index is -0.423. The second-order valence-corrected chi connectivity index (χ2v) is 7.57. The van der Waals surface area contributed by atoms with Crippen molar-refractivity contribution in [2.24, 2.45) is 0 Å². The highest BCUT2D eigenvalue weighted by Gasteiger charge is 2.15. The van der Waals surface area contributed by atoms with Gasteiger partial charge in [-0.25, -0.2) is 4.98 Å². The van der Waals surface area contributed by atoms with E-state index in [1.165, 1.54) is 0 Å². The Kier molecular flexibility index (Phi) is 6.12. The van der Waals surface area contributed by atoms with E-state index in [1.807, 2.05) is 55.5 Å². The Morgan fingerprint density at radius 2 is 1.62 bits per heavy atom. The Labute approximate surface area is 185 Å². The molecule has 6 heteroatoms. The van der Waals surface area contributed by atoms with Crippen LogP contribution in [0.4, 0.5) is 0 Å². The molecule has 0 atom stereocenters. The summed E-state index contributed by atoms with van der Waals surface area (Å²) in [6.07, 6.45) is 0.494. The molecule has 1 aromatic heterocycles. The summed E-state index contributed by atoms with van der Waals surface area (Å²) in [6.45, 7) is 2.01. The molecule has 4 aromatic rings. The second kappa shape index (κ2) is 9.31. The SMILES string of the molecule is Cc1ccc(-c2cc(C(=O)NNC(=O)CCc3ccccc3O)c3ccccc3n2)cc1. The van der Waals surface area contributed by atoms with Gasteiger partial charge in [0.05, 0.1) is 16.8 Å². The minimum absolute atomic E-state index is 0.129. The molecule has 0 unspecified atom stereocenters. The number of rotatable bonds is 5. The average Bonchev–Trinajstić information content (AvgIpc) is 2.81. The van der Waals surface area contributed by atoms with Crippen molar-refractivity contribution in [3.8, 4) is 17.0 Å². The topological polar surface area (TPSA) is 91.3 Å². The molecule has 0 bridgehead atoms. The van der Waals surface area contributed by atoms with E-state index < -0.39 is 5.91 Å². The van der Waals surface area contributed by atoms with Gasteiger partial charge in [-0.3, -0.25) is 20.4 Å². The molecule has 0 saturated carbocycles. The smallest absolute Gasteiger partial charge is 0.270 e. The fraction of sp³-hybridized carbons (Fsp3) is 0.115. The molecule has 0 aliphatic heterocycles. The predicted molar refractivity (Wildman–Crippen MR) is 124 cm³/mol. The van der Waals surface area contributed by atoms with Crippen molar-refractivity contribution in [3.05, 3.63) is 95.6 Å². The minimum Gasteiger partial charge on any atom is -0.508 e. The highest BCUT2D eigenvalue weighted by molar-refractivity contribution is 6.07. The maximum atomic E-state index is 12.9. The van der Waals surface area contributed by atoms with Crippen LogP contribution >= 0.6 is 0 Å². The normalized spacial score (nSPS) is 10.7. The van der Waals surface area contributed by atoms with Crippen LogP contribution in [0.15, 0.2) is 78.9 Å². The zero-order valence-electron chi connectivity index (χ0n) is 17.6. The Morgan fingerprint density at radius 3 is 2.41 bits per heavy atom. The Morgan fingerprint density at radius 1 is 0.906 bits per heavy atom. The van der Waals surface area contributed by atoms with Gasteiger partial charge in [0.1, 0.15) is 5.75 Å². The van der Waals surface area contributed by atoms with Crippen LogP contribution in [0.5, 0.6) is 5.75 Å². The van der Waals surface area contributed by atoms with Crippen molar-refractivity contribution in [3.63, 3.8) is 0 Å². The average molecular weight is 425 g/mol. The Hall–Kier alpha value is -4.19. The van der Waals surface area contributed by atoms with Gasteiger partial charge in [-0.15, -0.1) is 0 Å². The number of nitrogens with one attached hydrogen (secondary N) is 2. The Balaban J connectivity index is 1.50. The monoisotopic (exact) mass is 425 g/mol. The number of fused-ring (bicyclic) bond motifs is 1. The lowest BCUT2D eigenvalue weighted by atomic mass is 10.0. The molecule has 3 N–H and O–H groups in total. The molecule has 1 heterocycles. The van der Waals surface area contributed by atoms with Gasteiger partial charge >= 0.3 is 0 Å². The molecule has 160 valence electrons. The van der Waals surface area contributed by atoms with E-state index in [2.05, 4.69) is 10.9 Å². The molecule has 3 aromatic carbocycles. The van der Waals surface area contributed by atoms with Crippen LogP contribution in [0.2, 0.25) is 0 Å². The first-order valence-electron chi connectivity index (χ1n) is 10.3. The number of pyridine rings is 1. The summed E-state index contributed by atoms with van der Waals surface area (Å²) in [4.78, 5) is 29.9. The summed E-state index contributed by atoms with van der Waals surface area (Å²) in [5, 5.41) is 10.5. The van der Waals surface area contributed by atoms with Crippen LogP contribution in [0.25, 0.3) is 22.2 Å². The van der Waals surface area contributed by atoms with Gasteiger partial charge < -0.3 is 5.11 Å². The van der Waals surface area contributed by atoms with Crippen LogP contribution in [0.3, 0.4) is 0 Å². The van der Waals surface area contributed by atoms with Crippen LogP contribution in [-0.2, 0) is 11.2 Å². The first-order valence-corrected chi connectivity index (χ1v) is 10.3. The van der Waals surface area contributed by atoms with Crippen LogP contribution in [-0.4, -0.2) is 21.9 Å². The zero-order chi connectivity index (χ0) is 22.5. The first-order chi connectivity index (χ1) is 15.5. The van der Waals surface area contributed by atoms with Crippen LogP contribution in [0, 0.1) is 6.92 Å². The highest BCUT2D eigenvalue weighted by Crippen LogP contribution is 2.25. The number of benzene rings is 3. The second-order valence-electron chi connectivity index (χ2n) is 7.57. The van der Waals surface area contributed by atoms with Crippen molar-refractivity contribution in [2.75, 3.05) is 0 Å². The van der Waals surface area contributed by atoms with E-state index in [0.717, 1.165) is 11.1 Å². The van der Waals surface area contributed by atoms with Crippen molar-refractivity contribution < 1.29 is 14.7 Å². The molecule has 0 fully saturated rings. The van der Waals surface area contributed by atoms with Crippen molar-refractivity contribution in [1.82, 2.24) is 15.8 Å². The van der Waals surface area contributed by atoms with Gasteiger partial charge in [0, 0.05) is 17.4 Å². The largest absolute Gasteiger partial charge is 0.508 e. The van der Waals surface area contributed by atoms with Gasteiger partial charge in [-0.2, -0.15) is 0 Å². The van der Waals surface area contributed by atoms with Crippen molar-refractivity contribution in [1.29, 1.82) is 0 Å². The third kappa shape index (κ3) is 4.75. The third-order valence-electron chi connectivity index (χ3n) is 5.24. The number of hydrogen-bond donors (Lipinski definition) is 3. The predicted octanol–water partition coefficient (Wildman–Crippen LogP) is 4.31. The molecule has 0 aliphatic carbocycles. The highest BCUT2D eigenvalue weighted by atomic mass is 16.3. The number of aromatic hydroxyl groups is 1. The molecule has 2 amide bonds. The van der Waals surface area contributed by atoms with Gasteiger partial charge in [0.2, 0.25) is 5.91 Å². The summed E-state index contributed by atoms with van der Waals surface area (Å²) in [6, 6.07) is 23.9. The van der Waals surface area contributed by atoms with Crippen LogP contribution < -0.4 is 10.9 Å². The fourth-order valence-electron chi connectivity index (χ4n) is 3.46. The number of aromatic nitrogens is 1. The summed E-state index contributed by atoms with van der Waals surface area (Å²) >= 11 is 0. The van der Waals surface area contributed by atoms with E-state index in [1.54, 1.807) is 30.3 Å². The number of para-hydroxylation sites is 2. The molecular weight excluding hydrogens is 402 g/mol. The molecule has 32 heavy (non-hydrogen) atoms.